The zero-order valence-electron chi connectivity index (χ0n) is 19.2. The molecule has 0 spiro atoms. The fourth-order valence-corrected chi connectivity index (χ4v) is 4.15. The lowest BCUT2D eigenvalue weighted by Gasteiger charge is -2.42. The normalized spacial score (nSPS) is 18.4. The van der Waals surface area contributed by atoms with Gasteiger partial charge in [0.2, 0.25) is 5.95 Å². The van der Waals surface area contributed by atoms with E-state index >= 15 is 4.39 Å². The molecule has 2 saturated heterocycles. The van der Waals surface area contributed by atoms with Crippen molar-refractivity contribution in [3.63, 3.8) is 0 Å². The van der Waals surface area contributed by atoms with Crippen molar-refractivity contribution in [1.29, 1.82) is 5.41 Å². The van der Waals surface area contributed by atoms with Crippen LogP contribution in [0.2, 0.25) is 0 Å². The maximum absolute atomic E-state index is 15.2. The first kappa shape index (κ1) is 23.5. The van der Waals surface area contributed by atoms with Gasteiger partial charge in [0.05, 0.1) is 29.9 Å². The number of aromatic nitrogens is 2. The number of hydrogen-bond donors (Lipinski definition) is 3. The lowest BCUT2D eigenvalue weighted by Crippen LogP contribution is -2.53. The van der Waals surface area contributed by atoms with E-state index in [0.29, 0.717) is 31.3 Å². The van der Waals surface area contributed by atoms with Crippen molar-refractivity contribution in [2.45, 2.75) is 25.7 Å². The van der Waals surface area contributed by atoms with Crippen molar-refractivity contribution >= 4 is 29.4 Å². The lowest BCUT2D eigenvalue weighted by molar-refractivity contribution is 0.0778. The van der Waals surface area contributed by atoms with Crippen LogP contribution in [0.15, 0.2) is 30.6 Å². The van der Waals surface area contributed by atoms with Gasteiger partial charge in [-0.2, -0.15) is 0 Å². The number of alkyl carbamates (subject to hydrolysis) is 1. The topological polar surface area (TPSA) is 133 Å². The highest BCUT2D eigenvalue weighted by atomic mass is 19.1. The van der Waals surface area contributed by atoms with E-state index in [1.54, 1.807) is 25.3 Å². The highest BCUT2D eigenvalue weighted by Crippen LogP contribution is 2.28. The van der Waals surface area contributed by atoms with Gasteiger partial charge in [-0.25, -0.2) is 19.2 Å². The van der Waals surface area contributed by atoms with Crippen LogP contribution in [0, 0.1) is 11.2 Å². The number of nitrogens with one attached hydrogen (secondary N) is 2. The van der Waals surface area contributed by atoms with Crippen LogP contribution in [0.5, 0.6) is 0 Å². The minimum absolute atomic E-state index is 0.103. The molecule has 0 saturated carbocycles. The first-order valence-electron chi connectivity index (χ1n) is 11.0. The molecule has 2 aliphatic rings. The first-order valence-corrected chi connectivity index (χ1v) is 11.0. The molecule has 1 unspecified atom stereocenters. The molecule has 2 fully saturated rings. The average molecular weight is 473 g/mol. The summed E-state index contributed by atoms with van der Waals surface area (Å²) < 4.78 is 25.4. The number of ether oxygens (including phenoxy) is 2. The first-order chi connectivity index (χ1) is 16.4. The number of anilines is 3. The van der Waals surface area contributed by atoms with Gasteiger partial charge in [0, 0.05) is 51.4 Å². The quantitative estimate of drug-likeness (QED) is 0.420. The van der Waals surface area contributed by atoms with E-state index in [2.05, 4.69) is 26.7 Å². The van der Waals surface area contributed by atoms with Gasteiger partial charge in [0.1, 0.15) is 6.61 Å². The third kappa shape index (κ3) is 5.11. The van der Waals surface area contributed by atoms with E-state index in [1.807, 2.05) is 22.6 Å². The molecule has 1 aromatic carbocycles. The number of methoxy groups -OCH3 is 1. The van der Waals surface area contributed by atoms with Crippen LogP contribution in [0.25, 0.3) is 0 Å². The fraction of sp³-hybridized carbons (Fsp3) is 0.455. The second kappa shape index (κ2) is 10.1. The molecule has 3 heterocycles. The molecule has 4 N–H and O–H groups in total. The summed E-state index contributed by atoms with van der Waals surface area (Å²) >= 11 is 0. The van der Waals surface area contributed by atoms with Gasteiger partial charge in [-0.15, -0.1) is 0 Å². The van der Waals surface area contributed by atoms with Gasteiger partial charge >= 0.3 is 6.09 Å². The SMILES string of the molecule is COC1CN(c2ncc(N3CCN(c4cccc(COC(=O)NC(=N)N)c4F)CC3C)cn2)C1. The molecular formula is C22H29FN8O3. The number of hydrogen-bond acceptors (Lipinski definition) is 9. The Labute approximate surface area is 197 Å². The molecule has 2 aromatic rings. The summed E-state index contributed by atoms with van der Waals surface area (Å²) in [6.07, 6.45) is 3.00. The van der Waals surface area contributed by atoms with Crippen LogP contribution in [-0.2, 0) is 16.1 Å². The lowest BCUT2D eigenvalue weighted by atomic mass is 10.1. The number of benzene rings is 1. The summed E-state index contributed by atoms with van der Waals surface area (Å²) in [5.74, 6) is -0.275. The molecule has 4 rings (SSSR count). The number of nitrogens with two attached hydrogens (primary N) is 1. The highest BCUT2D eigenvalue weighted by molar-refractivity contribution is 5.90. The Kier molecular flexibility index (Phi) is 6.96. The van der Waals surface area contributed by atoms with Gasteiger partial charge in [0.25, 0.3) is 0 Å². The molecule has 1 amide bonds. The van der Waals surface area contributed by atoms with E-state index in [-0.39, 0.29) is 24.3 Å². The van der Waals surface area contributed by atoms with Gasteiger partial charge in [-0.05, 0) is 13.0 Å². The van der Waals surface area contributed by atoms with E-state index in [0.717, 1.165) is 18.8 Å². The number of carbonyl (C=O) groups is 1. The monoisotopic (exact) mass is 472 g/mol. The predicted octanol–water partition coefficient (Wildman–Crippen LogP) is 1.29. The molecule has 0 bridgehead atoms. The zero-order valence-corrected chi connectivity index (χ0v) is 19.2. The van der Waals surface area contributed by atoms with Crippen LogP contribution in [0.4, 0.5) is 26.5 Å². The Morgan fingerprint density at radius 1 is 1.24 bits per heavy atom. The van der Waals surface area contributed by atoms with Crippen molar-refractivity contribution < 1.29 is 18.7 Å². The third-order valence-electron chi connectivity index (χ3n) is 6.04. The van der Waals surface area contributed by atoms with Crippen LogP contribution in [0.1, 0.15) is 12.5 Å². The summed E-state index contributed by atoms with van der Waals surface area (Å²) in [6.45, 7) is 5.30. The highest BCUT2D eigenvalue weighted by Gasteiger charge is 2.30. The summed E-state index contributed by atoms with van der Waals surface area (Å²) in [5, 5.41) is 9.04. The van der Waals surface area contributed by atoms with Crippen molar-refractivity contribution in [2.24, 2.45) is 5.73 Å². The Hall–Kier alpha value is -3.67. The maximum atomic E-state index is 15.2. The van der Waals surface area contributed by atoms with E-state index in [4.69, 9.17) is 20.6 Å². The molecule has 34 heavy (non-hydrogen) atoms. The summed E-state index contributed by atoms with van der Waals surface area (Å²) in [5.41, 5.74) is 6.72. The molecule has 1 atom stereocenters. The Morgan fingerprint density at radius 3 is 2.62 bits per heavy atom. The van der Waals surface area contributed by atoms with Gasteiger partial charge in [0.15, 0.2) is 11.8 Å². The van der Waals surface area contributed by atoms with Crippen LogP contribution < -0.4 is 25.8 Å². The third-order valence-corrected chi connectivity index (χ3v) is 6.04. The Morgan fingerprint density at radius 2 is 1.97 bits per heavy atom. The molecule has 0 aliphatic carbocycles. The molecule has 2 aliphatic heterocycles. The summed E-state index contributed by atoms with van der Waals surface area (Å²) in [7, 11) is 1.71. The smallest absolute Gasteiger partial charge is 0.414 e. The predicted molar refractivity (Wildman–Crippen MR) is 126 cm³/mol. The van der Waals surface area contributed by atoms with Crippen molar-refractivity contribution in [1.82, 2.24) is 15.3 Å². The van der Waals surface area contributed by atoms with E-state index in [1.165, 1.54) is 0 Å². The number of piperazine rings is 1. The maximum Gasteiger partial charge on any atom is 0.414 e. The van der Waals surface area contributed by atoms with Crippen LogP contribution in [0.3, 0.4) is 0 Å². The molecule has 182 valence electrons. The zero-order chi connectivity index (χ0) is 24.2. The second-order valence-electron chi connectivity index (χ2n) is 8.36. The van der Waals surface area contributed by atoms with Crippen LogP contribution >= 0.6 is 0 Å². The molecule has 0 radical (unpaired) electrons. The van der Waals surface area contributed by atoms with E-state index < -0.39 is 17.9 Å². The molecule has 11 nitrogen and oxygen atoms in total. The van der Waals surface area contributed by atoms with E-state index in [9.17, 15) is 4.79 Å². The molecule has 12 heteroatoms. The fourth-order valence-electron chi connectivity index (χ4n) is 4.15. The Balaban J connectivity index is 1.37. The number of nitrogens with zero attached hydrogens (tertiary/aromatic N) is 5. The van der Waals surface area contributed by atoms with Gasteiger partial charge in [-0.1, -0.05) is 12.1 Å². The average Bonchev–Trinajstić information content (AvgIpc) is 2.78. The van der Waals surface area contributed by atoms with Crippen LogP contribution in [-0.4, -0.2) is 74.0 Å². The minimum Gasteiger partial charge on any atom is -0.444 e. The number of rotatable bonds is 6. The second-order valence-corrected chi connectivity index (χ2v) is 8.36. The number of halogens is 1. The Bertz CT molecular complexity index is 1030. The summed E-state index contributed by atoms with van der Waals surface area (Å²) in [4.78, 5) is 26.8. The number of carbonyl (C=O) groups excluding carboxylic acids is 1. The molecular weight excluding hydrogens is 443 g/mol. The largest absolute Gasteiger partial charge is 0.444 e. The minimum atomic E-state index is -0.902. The van der Waals surface area contributed by atoms with Gasteiger partial charge in [-0.3, -0.25) is 10.7 Å². The standard InChI is InChI=1S/C22H29FN8O3/c1-14-10-29(18-5-3-4-15(19(18)23)13-34-22(32)28-20(24)25)6-7-31(14)16-8-26-21(27-9-16)30-11-17(12-30)33-2/h3-5,8-9,14,17H,6-7,10-13H2,1-2H3,(H4,24,25,28,32). The summed E-state index contributed by atoms with van der Waals surface area (Å²) in [6, 6.07) is 5.11. The number of guanidine groups is 1. The van der Waals surface area contributed by atoms with Crippen molar-refractivity contribution in [2.75, 3.05) is 54.5 Å². The van der Waals surface area contributed by atoms with Crippen molar-refractivity contribution in [3.05, 3.63) is 42.0 Å². The number of amides is 1. The van der Waals surface area contributed by atoms with Gasteiger partial charge < -0.3 is 29.9 Å². The molecule has 1 aromatic heterocycles. The van der Waals surface area contributed by atoms with Crippen molar-refractivity contribution in [3.8, 4) is 0 Å².